The highest BCUT2D eigenvalue weighted by atomic mass is 16.3. The number of rotatable bonds is 2. The fourth-order valence-corrected chi connectivity index (χ4v) is 3.15. The zero-order valence-electron chi connectivity index (χ0n) is 7.29. The summed E-state index contributed by atoms with van der Waals surface area (Å²) in [5.74, 6) is 0. The van der Waals surface area contributed by atoms with Gasteiger partial charge in [-0.05, 0) is 31.1 Å². The van der Waals surface area contributed by atoms with Gasteiger partial charge in [-0.2, -0.15) is 0 Å². The maximum Gasteiger partial charge on any atom is 0.0509 e. The van der Waals surface area contributed by atoms with Crippen LogP contribution in [0.2, 0.25) is 0 Å². The molecule has 2 aliphatic carbocycles. The number of hydrogen-bond donors (Lipinski definition) is 3. The lowest BCUT2D eigenvalue weighted by Gasteiger charge is -2.62. The molecule has 2 aliphatic rings. The summed E-state index contributed by atoms with van der Waals surface area (Å²) >= 11 is 0. The largest absolute Gasteiger partial charge is 0.396 e. The zero-order valence-corrected chi connectivity index (χ0v) is 7.29. The molecule has 3 nitrogen and oxygen atoms in total. The average molecular weight is 171 g/mol. The smallest absolute Gasteiger partial charge is 0.0509 e. The Morgan fingerprint density at radius 1 is 1.17 bits per heavy atom. The fourth-order valence-electron chi connectivity index (χ4n) is 3.15. The van der Waals surface area contributed by atoms with Crippen LogP contribution in [-0.2, 0) is 0 Å². The van der Waals surface area contributed by atoms with Crippen LogP contribution in [0.1, 0.15) is 25.7 Å². The maximum absolute atomic E-state index is 9.06. The predicted molar refractivity (Wildman–Crippen MR) is 45.5 cm³/mol. The lowest BCUT2D eigenvalue weighted by atomic mass is 9.44. The first-order valence-electron chi connectivity index (χ1n) is 4.61. The van der Waals surface area contributed by atoms with Crippen molar-refractivity contribution in [2.24, 2.45) is 16.6 Å². The molecule has 0 aromatic rings. The molecule has 0 aromatic carbocycles. The Morgan fingerprint density at radius 2 is 1.67 bits per heavy atom. The first-order valence-corrected chi connectivity index (χ1v) is 4.61. The van der Waals surface area contributed by atoms with Gasteiger partial charge in [0.25, 0.3) is 0 Å². The minimum atomic E-state index is -0.167. The second kappa shape index (κ2) is 2.44. The van der Waals surface area contributed by atoms with E-state index in [0.717, 1.165) is 25.7 Å². The Labute approximate surface area is 72.6 Å². The Kier molecular flexibility index (Phi) is 1.72. The van der Waals surface area contributed by atoms with Gasteiger partial charge in [0.05, 0.1) is 13.2 Å². The molecular formula is C9H17NO2. The predicted octanol–water partition coefficient (Wildman–Crippen LogP) is -0.141. The second-order valence-electron chi connectivity index (χ2n) is 4.84. The van der Waals surface area contributed by atoms with Crippen molar-refractivity contribution in [1.82, 2.24) is 0 Å². The van der Waals surface area contributed by atoms with E-state index < -0.39 is 0 Å². The quantitative estimate of drug-likeness (QED) is 0.541. The van der Waals surface area contributed by atoms with Crippen molar-refractivity contribution in [2.75, 3.05) is 13.2 Å². The molecule has 0 amide bonds. The molecule has 2 saturated carbocycles. The molecule has 2 rings (SSSR count). The monoisotopic (exact) mass is 171 g/mol. The van der Waals surface area contributed by atoms with Crippen LogP contribution in [0, 0.1) is 10.8 Å². The molecule has 2 fully saturated rings. The molecule has 0 aliphatic heterocycles. The third-order valence-electron chi connectivity index (χ3n) is 3.56. The molecule has 0 atom stereocenters. The molecule has 0 heterocycles. The van der Waals surface area contributed by atoms with Crippen molar-refractivity contribution in [2.45, 2.75) is 31.7 Å². The van der Waals surface area contributed by atoms with E-state index in [2.05, 4.69) is 0 Å². The second-order valence-corrected chi connectivity index (χ2v) is 4.84. The lowest BCUT2D eigenvalue weighted by molar-refractivity contribution is -0.149. The molecule has 3 heteroatoms. The standard InChI is InChI=1S/C9H17NO2/c10-7-1-8(2-7)3-9(4-8,5-11)6-12/h7,11-12H,1-6,10H2. The van der Waals surface area contributed by atoms with Crippen molar-refractivity contribution in [3.05, 3.63) is 0 Å². The van der Waals surface area contributed by atoms with Gasteiger partial charge >= 0.3 is 0 Å². The highest BCUT2D eigenvalue weighted by Crippen LogP contribution is 2.63. The molecule has 0 saturated heterocycles. The first-order chi connectivity index (χ1) is 5.64. The van der Waals surface area contributed by atoms with Gasteiger partial charge in [0.2, 0.25) is 0 Å². The molecule has 0 aromatic heterocycles. The van der Waals surface area contributed by atoms with Gasteiger partial charge in [0.15, 0.2) is 0 Å². The van der Waals surface area contributed by atoms with E-state index in [1.807, 2.05) is 0 Å². The zero-order chi connectivity index (χ0) is 8.82. The molecule has 70 valence electrons. The Hall–Kier alpha value is -0.120. The summed E-state index contributed by atoms with van der Waals surface area (Å²) in [7, 11) is 0. The SMILES string of the molecule is NC1CC2(C1)CC(CO)(CO)C2. The Bertz CT molecular complexity index is 173. The lowest BCUT2D eigenvalue weighted by Crippen LogP contribution is -2.60. The number of aliphatic hydroxyl groups is 2. The van der Waals surface area contributed by atoms with Crippen LogP contribution >= 0.6 is 0 Å². The third-order valence-corrected chi connectivity index (χ3v) is 3.56. The van der Waals surface area contributed by atoms with Crippen LogP contribution in [0.3, 0.4) is 0 Å². The summed E-state index contributed by atoms with van der Waals surface area (Å²) in [5.41, 5.74) is 5.95. The van der Waals surface area contributed by atoms with Crippen LogP contribution < -0.4 is 5.73 Å². The van der Waals surface area contributed by atoms with Crippen LogP contribution in [-0.4, -0.2) is 29.5 Å². The summed E-state index contributed by atoms with van der Waals surface area (Å²) in [5, 5.41) is 18.1. The van der Waals surface area contributed by atoms with Gasteiger partial charge in [-0.25, -0.2) is 0 Å². The average Bonchev–Trinajstić information content (AvgIpc) is 1.94. The number of hydrogen-bond acceptors (Lipinski definition) is 3. The van der Waals surface area contributed by atoms with Crippen molar-refractivity contribution in [1.29, 1.82) is 0 Å². The van der Waals surface area contributed by atoms with Crippen molar-refractivity contribution in [3.63, 3.8) is 0 Å². The van der Waals surface area contributed by atoms with Crippen molar-refractivity contribution >= 4 is 0 Å². The van der Waals surface area contributed by atoms with Crippen LogP contribution in [0.15, 0.2) is 0 Å². The summed E-state index contributed by atoms with van der Waals surface area (Å²) in [4.78, 5) is 0. The van der Waals surface area contributed by atoms with Gasteiger partial charge in [-0.1, -0.05) is 0 Å². The number of nitrogens with two attached hydrogens (primary N) is 1. The summed E-state index contributed by atoms with van der Waals surface area (Å²) in [6.45, 7) is 0.251. The first kappa shape index (κ1) is 8.48. The van der Waals surface area contributed by atoms with E-state index in [0.29, 0.717) is 11.5 Å². The minimum Gasteiger partial charge on any atom is -0.396 e. The highest BCUT2D eigenvalue weighted by molar-refractivity contribution is 5.10. The normalized spacial score (nSPS) is 31.2. The molecule has 0 unspecified atom stereocenters. The fraction of sp³-hybridized carbons (Fsp3) is 1.00. The third kappa shape index (κ3) is 1.00. The van der Waals surface area contributed by atoms with Crippen LogP contribution in [0.5, 0.6) is 0 Å². The van der Waals surface area contributed by atoms with Crippen LogP contribution in [0.4, 0.5) is 0 Å². The van der Waals surface area contributed by atoms with Gasteiger partial charge in [0.1, 0.15) is 0 Å². The van der Waals surface area contributed by atoms with Gasteiger partial charge in [-0.3, -0.25) is 0 Å². The van der Waals surface area contributed by atoms with E-state index in [9.17, 15) is 0 Å². The summed E-state index contributed by atoms with van der Waals surface area (Å²) in [6.07, 6.45) is 4.13. The van der Waals surface area contributed by atoms with E-state index in [1.54, 1.807) is 0 Å². The summed E-state index contributed by atoms with van der Waals surface area (Å²) in [6, 6.07) is 0.375. The minimum absolute atomic E-state index is 0.125. The van der Waals surface area contributed by atoms with E-state index >= 15 is 0 Å². The molecule has 1 spiro atoms. The molecule has 12 heavy (non-hydrogen) atoms. The maximum atomic E-state index is 9.06. The van der Waals surface area contributed by atoms with Gasteiger partial charge in [0, 0.05) is 11.5 Å². The molecule has 0 bridgehead atoms. The number of aliphatic hydroxyl groups excluding tert-OH is 2. The summed E-state index contributed by atoms with van der Waals surface area (Å²) < 4.78 is 0. The van der Waals surface area contributed by atoms with E-state index in [-0.39, 0.29) is 18.6 Å². The molecule has 0 radical (unpaired) electrons. The van der Waals surface area contributed by atoms with Crippen molar-refractivity contribution < 1.29 is 10.2 Å². The molecule has 4 N–H and O–H groups in total. The molecular weight excluding hydrogens is 154 g/mol. The van der Waals surface area contributed by atoms with Crippen molar-refractivity contribution in [3.8, 4) is 0 Å². The Balaban J connectivity index is 1.90. The highest BCUT2D eigenvalue weighted by Gasteiger charge is 2.58. The Morgan fingerprint density at radius 3 is 2.00 bits per heavy atom. The van der Waals surface area contributed by atoms with E-state index in [1.165, 1.54) is 0 Å². The van der Waals surface area contributed by atoms with Gasteiger partial charge in [-0.15, -0.1) is 0 Å². The van der Waals surface area contributed by atoms with Gasteiger partial charge < -0.3 is 15.9 Å². The van der Waals surface area contributed by atoms with E-state index in [4.69, 9.17) is 15.9 Å². The topological polar surface area (TPSA) is 66.5 Å². The van der Waals surface area contributed by atoms with Crippen LogP contribution in [0.25, 0.3) is 0 Å².